The Kier molecular flexibility index (Phi) is 7.62. The molecule has 0 N–H and O–H groups in total. The molecule has 0 saturated carbocycles. The van der Waals surface area contributed by atoms with Gasteiger partial charge in [0.15, 0.2) is 0 Å². The van der Waals surface area contributed by atoms with Crippen molar-refractivity contribution in [1.82, 2.24) is 3.96 Å². The molecule has 0 aliphatic rings. The SMILES string of the molecule is CCCCCCCCCCn1sc(Cl)cc1=O. The second kappa shape index (κ2) is 8.76. The van der Waals surface area contributed by atoms with Gasteiger partial charge in [0.2, 0.25) is 0 Å². The van der Waals surface area contributed by atoms with E-state index >= 15 is 0 Å². The van der Waals surface area contributed by atoms with Gasteiger partial charge in [-0.25, -0.2) is 0 Å². The number of unbranched alkanes of at least 4 members (excludes halogenated alkanes) is 7. The van der Waals surface area contributed by atoms with E-state index in [-0.39, 0.29) is 5.56 Å². The van der Waals surface area contributed by atoms with E-state index in [2.05, 4.69) is 6.92 Å². The van der Waals surface area contributed by atoms with Crippen LogP contribution in [0.5, 0.6) is 0 Å². The molecule has 0 saturated heterocycles. The van der Waals surface area contributed by atoms with Crippen LogP contribution in [0.1, 0.15) is 58.3 Å². The lowest BCUT2D eigenvalue weighted by Gasteiger charge is -2.02. The summed E-state index contributed by atoms with van der Waals surface area (Å²) in [5, 5.41) is 0. The summed E-state index contributed by atoms with van der Waals surface area (Å²) in [6.07, 6.45) is 10.3. The van der Waals surface area contributed by atoms with Gasteiger partial charge in [0.1, 0.15) is 4.34 Å². The molecular formula is C13H22ClNOS. The fraction of sp³-hybridized carbons (Fsp3) is 0.769. The monoisotopic (exact) mass is 275 g/mol. The maximum absolute atomic E-state index is 11.4. The van der Waals surface area contributed by atoms with Crippen molar-refractivity contribution in [2.24, 2.45) is 0 Å². The minimum Gasteiger partial charge on any atom is -0.268 e. The van der Waals surface area contributed by atoms with Gasteiger partial charge in [0.05, 0.1) is 0 Å². The van der Waals surface area contributed by atoms with Gasteiger partial charge in [-0.05, 0) is 18.0 Å². The first-order valence-corrected chi connectivity index (χ1v) is 7.76. The molecule has 1 aromatic heterocycles. The Morgan fingerprint density at radius 1 is 1.12 bits per heavy atom. The van der Waals surface area contributed by atoms with Crippen LogP contribution in [0.15, 0.2) is 10.9 Å². The third-order valence-corrected chi connectivity index (χ3v) is 4.09. The molecule has 0 radical (unpaired) electrons. The van der Waals surface area contributed by atoms with E-state index in [0.717, 1.165) is 13.0 Å². The Hall–Kier alpha value is -0.280. The summed E-state index contributed by atoms with van der Waals surface area (Å²) in [4.78, 5) is 11.4. The van der Waals surface area contributed by atoms with E-state index in [1.54, 1.807) is 3.96 Å². The Morgan fingerprint density at radius 2 is 1.71 bits per heavy atom. The standard InChI is InChI=1S/C13H22ClNOS/c1-2-3-4-5-6-7-8-9-10-15-13(16)11-12(14)17-15/h11H,2-10H2,1H3. The molecule has 0 aromatic carbocycles. The summed E-state index contributed by atoms with van der Waals surface area (Å²) in [6, 6.07) is 1.50. The van der Waals surface area contributed by atoms with Gasteiger partial charge in [0, 0.05) is 12.6 Å². The molecular weight excluding hydrogens is 254 g/mol. The highest BCUT2D eigenvalue weighted by Gasteiger charge is 2.01. The molecule has 4 heteroatoms. The largest absolute Gasteiger partial charge is 0.268 e. The van der Waals surface area contributed by atoms with E-state index in [1.165, 1.54) is 62.5 Å². The second-order valence-corrected chi connectivity index (χ2v) is 6.15. The molecule has 0 unspecified atom stereocenters. The van der Waals surface area contributed by atoms with Crippen LogP contribution in [0.25, 0.3) is 0 Å². The Bertz CT molecular complexity index is 359. The molecule has 1 rings (SSSR count). The van der Waals surface area contributed by atoms with E-state index in [0.29, 0.717) is 4.34 Å². The molecule has 98 valence electrons. The molecule has 17 heavy (non-hydrogen) atoms. The van der Waals surface area contributed by atoms with Crippen molar-refractivity contribution in [1.29, 1.82) is 0 Å². The van der Waals surface area contributed by atoms with Crippen LogP contribution in [-0.2, 0) is 6.54 Å². The number of hydrogen-bond acceptors (Lipinski definition) is 2. The lowest BCUT2D eigenvalue weighted by atomic mass is 10.1. The number of rotatable bonds is 9. The van der Waals surface area contributed by atoms with Crippen molar-refractivity contribution in [3.63, 3.8) is 0 Å². The lowest BCUT2D eigenvalue weighted by Crippen LogP contribution is -2.11. The van der Waals surface area contributed by atoms with Crippen molar-refractivity contribution in [3.8, 4) is 0 Å². The summed E-state index contributed by atoms with van der Waals surface area (Å²) >= 11 is 7.13. The van der Waals surface area contributed by atoms with E-state index in [1.807, 2.05) is 0 Å². The first kappa shape index (κ1) is 14.8. The molecule has 1 aromatic rings. The molecule has 0 fully saturated rings. The molecule has 0 bridgehead atoms. The van der Waals surface area contributed by atoms with Gasteiger partial charge in [-0.2, -0.15) is 0 Å². The maximum Gasteiger partial charge on any atom is 0.262 e. The zero-order chi connectivity index (χ0) is 12.5. The molecule has 0 atom stereocenters. The molecule has 0 amide bonds. The van der Waals surface area contributed by atoms with Gasteiger partial charge in [-0.15, -0.1) is 0 Å². The van der Waals surface area contributed by atoms with Crippen LogP contribution in [-0.4, -0.2) is 3.96 Å². The molecule has 2 nitrogen and oxygen atoms in total. The van der Waals surface area contributed by atoms with E-state index in [4.69, 9.17) is 11.6 Å². The minimum atomic E-state index is 0.0444. The van der Waals surface area contributed by atoms with Gasteiger partial charge < -0.3 is 0 Å². The average Bonchev–Trinajstić information content (AvgIpc) is 2.61. The number of hydrogen-bond donors (Lipinski definition) is 0. The average molecular weight is 276 g/mol. The fourth-order valence-corrected chi connectivity index (χ4v) is 2.96. The van der Waals surface area contributed by atoms with Gasteiger partial charge in [-0.1, -0.05) is 63.5 Å². The summed E-state index contributed by atoms with van der Waals surface area (Å²) in [6.45, 7) is 3.06. The van der Waals surface area contributed by atoms with Crippen LogP contribution in [0.4, 0.5) is 0 Å². The molecule has 0 spiro atoms. The van der Waals surface area contributed by atoms with Crippen molar-refractivity contribution in [3.05, 3.63) is 20.8 Å². The van der Waals surface area contributed by atoms with E-state index in [9.17, 15) is 4.79 Å². The quantitative estimate of drug-likeness (QED) is 0.599. The zero-order valence-corrected chi connectivity index (χ0v) is 12.2. The van der Waals surface area contributed by atoms with Crippen LogP contribution >= 0.6 is 23.1 Å². The molecule has 0 aliphatic heterocycles. The van der Waals surface area contributed by atoms with Crippen molar-refractivity contribution in [2.75, 3.05) is 0 Å². The van der Waals surface area contributed by atoms with Gasteiger partial charge >= 0.3 is 0 Å². The molecule has 0 aliphatic carbocycles. The zero-order valence-electron chi connectivity index (χ0n) is 10.6. The smallest absolute Gasteiger partial charge is 0.262 e. The van der Waals surface area contributed by atoms with Crippen molar-refractivity contribution in [2.45, 2.75) is 64.8 Å². The van der Waals surface area contributed by atoms with E-state index < -0.39 is 0 Å². The highest BCUT2D eigenvalue weighted by atomic mass is 35.5. The van der Waals surface area contributed by atoms with Crippen molar-refractivity contribution < 1.29 is 0 Å². The number of aromatic nitrogens is 1. The van der Waals surface area contributed by atoms with Gasteiger partial charge in [0.25, 0.3) is 5.56 Å². The van der Waals surface area contributed by atoms with Crippen LogP contribution < -0.4 is 5.56 Å². The third kappa shape index (κ3) is 6.27. The minimum absolute atomic E-state index is 0.0444. The predicted octanol–water partition coefficient (Wildman–Crippen LogP) is 4.70. The highest BCUT2D eigenvalue weighted by molar-refractivity contribution is 7.11. The lowest BCUT2D eigenvalue weighted by molar-refractivity contribution is 0.551. The fourth-order valence-electron chi connectivity index (χ4n) is 1.89. The predicted molar refractivity (Wildman–Crippen MR) is 76.2 cm³/mol. The van der Waals surface area contributed by atoms with Crippen LogP contribution in [0, 0.1) is 0 Å². The second-order valence-electron chi connectivity index (χ2n) is 4.45. The summed E-state index contributed by atoms with van der Waals surface area (Å²) < 4.78 is 2.34. The topological polar surface area (TPSA) is 22.0 Å². The first-order valence-electron chi connectivity index (χ1n) is 6.60. The number of nitrogens with zero attached hydrogens (tertiary/aromatic N) is 1. The Balaban J connectivity index is 2.01. The highest BCUT2D eigenvalue weighted by Crippen LogP contribution is 2.14. The Labute approximate surface area is 113 Å². The number of aryl methyl sites for hydroxylation is 1. The van der Waals surface area contributed by atoms with Crippen LogP contribution in [0.3, 0.4) is 0 Å². The number of halogens is 1. The first-order chi connectivity index (χ1) is 8.24. The third-order valence-electron chi connectivity index (χ3n) is 2.89. The summed E-state index contributed by atoms with van der Waals surface area (Å²) in [5.41, 5.74) is 0.0444. The van der Waals surface area contributed by atoms with Gasteiger partial charge in [-0.3, -0.25) is 8.75 Å². The Morgan fingerprint density at radius 3 is 2.24 bits per heavy atom. The normalized spacial score (nSPS) is 10.9. The summed E-state index contributed by atoms with van der Waals surface area (Å²) in [7, 11) is 0. The van der Waals surface area contributed by atoms with Crippen molar-refractivity contribution >= 4 is 23.1 Å². The van der Waals surface area contributed by atoms with Crippen LogP contribution in [0.2, 0.25) is 4.34 Å². The molecule has 1 heterocycles. The summed E-state index contributed by atoms with van der Waals surface area (Å²) in [5.74, 6) is 0. The maximum atomic E-state index is 11.4.